The quantitative estimate of drug-likeness (QED) is 0.372. The summed E-state index contributed by atoms with van der Waals surface area (Å²) in [5, 5.41) is 0. The Morgan fingerprint density at radius 3 is 0.679 bits per heavy atom. The third kappa shape index (κ3) is 5.52. The third-order valence-electron chi connectivity index (χ3n) is 4.87. The van der Waals surface area contributed by atoms with E-state index in [1.54, 1.807) is 26.1 Å². The molecule has 3 aromatic rings. The Kier molecular flexibility index (Phi) is 8.28. The van der Waals surface area contributed by atoms with Gasteiger partial charge in [-0.2, -0.15) is 0 Å². The molecule has 0 radical (unpaired) electrons. The second-order valence-electron chi connectivity index (χ2n) is 7.57. The second kappa shape index (κ2) is 10.3. The van der Waals surface area contributed by atoms with Crippen LogP contribution in [0.5, 0.6) is 0 Å². The average Bonchev–Trinajstić information content (AvgIpc) is 2.69. The first-order valence-corrected chi connectivity index (χ1v) is 26.4. The topological polar surface area (TPSA) is 0 Å². The van der Waals surface area contributed by atoms with Crippen LogP contribution in [0.25, 0.3) is 0 Å². The Labute approximate surface area is 190 Å². The number of hydrogen-bond donors (Lipinski definition) is 0. The van der Waals surface area contributed by atoms with Crippen LogP contribution in [0.3, 0.4) is 0 Å². The molecule has 0 bridgehead atoms. The fraction of sp³-hybridized carbons (Fsp3) is 0.250. The molecule has 0 N–H and O–H groups in total. The van der Waals surface area contributed by atoms with Gasteiger partial charge in [0.2, 0.25) is 0 Å². The first-order chi connectivity index (χ1) is 13.4. The first kappa shape index (κ1) is 22.6. The van der Waals surface area contributed by atoms with Gasteiger partial charge in [0.25, 0.3) is 0 Å². The molecule has 0 nitrogen and oxygen atoms in total. The third-order valence-corrected chi connectivity index (χ3v) is 18.4. The van der Waals surface area contributed by atoms with Gasteiger partial charge in [0.05, 0.1) is 0 Å². The molecule has 0 spiro atoms. The Morgan fingerprint density at radius 2 is 0.500 bits per heavy atom. The number of rotatable bonds is 6. The van der Waals surface area contributed by atoms with Gasteiger partial charge in [-0.05, 0) is 0 Å². The van der Waals surface area contributed by atoms with Crippen molar-refractivity contribution >= 4 is 84.7 Å². The standard InChI is InChI=1S/C24H30As4/c1-25(2)19-7-13-22(14-8-19)28(23-15-9-20(10-16-23)26(3)4)24-17-11-21(12-18-24)27(5)6/h7-18H,1-6H3. The molecule has 0 heterocycles. The molecule has 0 amide bonds. The molecule has 4 heteroatoms. The zero-order valence-electron chi connectivity index (χ0n) is 17.7. The van der Waals surface area contributed by atoms with Crippen LogP contribution in [0, 0.1) is 0 Å². The average molecular weight is 618 g/mol. The van der Waals surface area contributed by atoms with Crippen LogP contribution in [0.2, 0.25) is 34.3 Å². The van der Waals surface area contributed by atoms with Gasteiger partial charge in [0.1, 0.15) is 0 Å². The number of hydrogen-bond acceptors (Lipinski definition) is 0. The fourth-order valence-electron chi connectivity index (χ4n) is 3.15. The summed E-state index contributed by atoms with van der Waals surface area (Å²) >= 11 is -3.92. The van der Waals surface area contributed by atoms with E-state index in [0.29, 0.717) is 0 Å². The van der Waals surface area contributed by atoms with Gasteiger partial charge in [-0.15, -0.1) is 0 Å². The van der Waals surface area contributed by atoms with E-state index in [0.717, 1.165) is 0 Å². The van der Waals surface area contributed by atoms with Crippen LogP contribution in [-0.4, -0.2) is 58.6 Å². The summed E-state index contributed by atoms with van der Waals surface area (Å²) in [6.07, 6.45) is 0. The van der Waals surface area contributed by atoms with Crippen LogP contribution in [0.1, 0.15) is 0 Å². The van der Waals surface area contributed by atoms with Crippen LogP contribution in [0.15, 0.2) is 72.8 Å². The molecule has 0 fully saturated rings. The predicted molar refractivity (Wildman–Crippen MR) is 135 cm³/mol. The van der Waals surface area contributed by atoms with Crippen molar-refractivity contribution in [3.05, 3.63) is 72.8 Å². The van der Waals surface area contributed by atoms with Crippen LogP contribution in [-0.2, 0) is 0 Å². The zero-order valence-corrected chi connectivity index (χ0v) is 25.2. The summed E-state index contributed by atoms with van der Waals surface area (Å²) in [5.74, 6) is 0. The van der Waals surface area contributed by atoms with E-state index in [1.807, 2.05) is 0 Å². The van der Waals surface area contributed by atoms with Crippen molar-refractivity contribution in [3.63, 3.8) is 0 Å². The van der Waals surface area contributed by atoms with Crippen molar-refractivity contribution < 1.29 is 0 Å². The molecule has 0 aliphatic heterocycles. The summed E-state index contributed by atoms with van der Waals surface area (Å²) < 4.78 is 9.39. The molecule has 3 rings (SSSR count). The van der Waals surface area contributed by atoms with Crippen molar-refractivity contribution in [2.24, 2.45) is 0 Å². The Bertz CT molecular complexity index is 757. The number of benzene rings is 3. The molecule has 0 aromatic heterocycles. The first-order valence-electron chi connectivity index (χ1n) is 9.49. The molecule has 0 atom stereocenters. The van der Waals surface area contributed by atoms with Gasteiger partial charge in [0, 0.05) is 0 Å². The maximum absolute atomic E-state index is 2.43. The fourth-order valence-corrected chi connectivity index (χ4v) is 12.5. The van der Waals surface area contributed by atoms with Gasteiger partial charge >= 0.3 is 192 Å². The molecule has 0 saturated carbocycles. The van der Waals surface area contributed by atoms with Crippen molar-refractivity contribution in [1.29, 1.82) is 0 Å². The molecular formula is C24H30As4. The minimum atomic E-state index is -1.50. The monoisotopic (exact) mass is 618 g/mol. The molecule has 28 heavy (non-hydrogen) atoms. The zero-order chi connectivity index (χ0) is 20.3. The van der Waals surface area contributed by atoms with E-state index in [-0.39, 0.29) is 0 Å². The van der Waals surface area contributed by atoms with E-state index in [9.17, 15) is 0 Å². The molecule has 0 unspecified atom stereocenters. The van der Waals surface area contributed by atoms with E-state index in [2.05, 4.69) is 107 Å². The maximum atomic E-state index is 2.43. The van der Waals surface area contributed by atoms with E-state index in [1.165, 1.54) is 0 Å². The minimum absolute atomic E-state index is 0.805. The van der Waals surface area contributed by atoms with E-state index >= 15 is 0 Å². The van der Waals surface area contributed by atoms with Crippen molar-refractivity contribution in [1.82, 2.24) is 0 Å². The van der Waals surface area contributed by atoms with Crippen molar-refractivity contribution in [3.8, 4) is 0 Å². The van der Waals surface area contributed by atoms with Gasteiger partial charge in [-0.3, -0.25) is 0 Å². The molecule has 3 aromatic carbocycles. The van der Waals surface area contributed by atoms with Crippen LogP contribution in [0.4, 0.5) is 0 Å². The summed E-state index contributed by atoms with van der Waals surface area (Å²) in [5.41, 5.74) is 14.5. The normalized spacial score (nSPS) is 11.8. The summed E-state index contributed by atoms with van der Waals surface area (Å²) in [4.78, 5) is 0. The predicted octanol–water partition coefficient (Wildman–Crippen LogP) is 2.09. The molecule has 0 saturated heterocycles. The second-order valence-corrected chi connectivity index (χ2v) is 26.7. The van der Waals surface area contributed by atoms with Crippen molar-refractivity contribution in [2.45, 2.75) is 34.3 Å². The molecule has 146 valence electrons. The van der Waals surface area contributed by atoms with Gasteiger partial charge < -0.3 is 0 Å². The summed E-state index contributed by atoms with van der Waals surface area (Å²) in [6, 6.07) is 29.0. The SMILES string of the molecule is C[As](C)c1ccc([As](c2ccc([As](C)C)cc2)c2ccc([As](C)C)cc2)cc1. The molecule has 0 aliphatic rings. The molecule has 0 aliphatic carbocycles. The van der Waals surface area contributed by atoms with E-state index in [4.69, 9.17) is 0 Å². The van der Waals surface area contributed by atoms with Gasteiger partial charge in [-0.1, -0.05) is 0 Å². The van der Waals surface area contributed by atoms with E-state index < -0.39 is 58.6 Å². The Morgan fingerprint density at radius 1 is 0.321 bits per heavy atom. The Hall–Kier alpha value is -0.106. The van der Waals surface area contributed by atoms with Gasteiger partial charge in [0.15, 0.2) is 0 Å². The van der Waals surface area contributed by atoms with Crippen molar-refractivity contribution in [2.75, 3.05) is 0 Å². The van der Waals surface area contributed by atoms with Crippen LogP contribution < -0.4 is 26.1 Å². The summed E-state index contributed by atoms with van der Waals surface area (Å²) in [7, 11) is 0. The summed E-state index contributed by atoms with van der Waals surface area (Å²) in [6.45, 7) is 0. The van der Waals surface area contributed by atoms with Crippen LogP contribution >= 0.6 is 0 Å². The molecular weight excluding hydrogens is 588 g/mol. The van der Waals surface area contributed by atoms with Gasteiger partial charge in [-0.25, -0.2) is 0 Å². The Balaban J connectivity index is 2.04.